The zero-order valence-electron chi connectivity index (χ0n) is 16.6. The first-order valence-corrected chi connectivity index (χ1v) is 9.46. The standard InChI is InChI=1S/C22H25N3O4/c1-28-19-10-8-16(14-20(19)29-2)9-11-21(26)23-17-6-5-7-18(15-17)24-22(27)25-12-3-4-13-25/h5-11,14-15H,3-4,12-13H2,1-2H3,(H,23,26)(H,24,27)/b11-9+. The second-order valence-electron chi connectivity index (χ2n) is 6.64. The molecule has 0 unspecified atom stereocenters. The molecule has 0 aromatic heterocycles. The van der Waals surface area contributed by atoms with E-state index in [1.165, 1.54) is 6.08 Å². The first-order valence-electron chi connectivity index (χ1n) is 9.46. The number of hydrogen-bond acceptors (Lipinski definition) is 4. The predicted molar refractivity (Wildman–Crippen MR) is 113 cm³/mol. The molecule has 1 fully saturated rings. The van der Waals surface area contributed by atoms with Crippen molar-refractivity contribution in [2.24, 2.45) is 0 Å². The van der Waals surface area contributed by atoms with E-state index >= 15 is 0 Å². The summed E-state index contributed by atoms with van der Waals surface area (Å²) in [5.74, 6) is 0.946. The van der Waals surface area contributed by atoms with Crippen molar-refractivity contribution in [3.63, 3.8) is 0 Å². The van der Waals surface area contributed by atoms with E-state index in [0.29, 0.717) is 22.9 Å². The maximum Gasteiger partial charge on any atom is 0.321 e. The van der Waals surface area contributed by atoms with E-state index in [4.69, 9.17) is 9.47 Å². The normalized spacial score (nSPS) is 13.4. The quantitative estimate of drug-likeness (QED) is 0.725. The number of benzene rings is 2. The number of hydrogen-bond donors (Lipinski definition) is 2. The number of anilines is 2. The summed E-state index contributed by atoms with van der Waals surface area (Å²) in [6.07, 6.45) is 5.21. The van der Waals surface area contributed by atoms with Gasteiger partial charge in [0.25, 0.3) is 0 Å². The Kier molecular flexibility index (Phi) is 6.73. The number of carbonyl (C=O) groups excluding carboxylic acids is 2. The molecule has 3 rings (SSSR count). The van der Waals surface area contributed by atoms with Crippen molar-refractivity contribution in [2.75, 3.05) is 37.9 Å². The summed E-state index contributed by atoms with van der Waals surface area (Å²) < 4.78 is 10.5. The number of rotatable bonds is 6. The fourth-order valence-corrected chi connectivity index (χ4v) is 3.11. The summed E-state index contributed by atoms with van der Waals surface area (Å²) in [5.41, 5.74) is 2.05. The largest absolute Gasteiger partial charge is 0.493 e. The maximum atomic E-state index is 12.3. The number of urea groups is 1. The first-order chi connectivity index (χ1) is 14.1. The molecule has 2 N–H and O–H groups in total. The van der Waals surface area contributed by atoms with Crippen LogP contribution in [0.2, 0.25) is 0 Å². The van der Waals surface area contributed by atoms with E-state index in [1.807, 2.05) is 6.07 Å². The van der Waals surface area contributed by atoms with E-state index in [9.17, 15) is 9.59 Å². The zero-order valence-corrected chi connectivity index (χ0v) is 16.6. The van der Waals surface area contributed by atoms with E-state index in [2.05, 4.69) is 10.6 Å². The van der Waals surface area contributed by atoms with Gasteiger partial charge in [-0.25, -0.2) is 4.79 Å². The summed E-state index contributed by atoms with van der Waals surface area (Å²) >= 11 is 0. The number of likely N-dealkylation sites (tertiary alicyclic amines) is 1. The van der Waals surface area contributed by atoms with Crippen molar-refractivity contribution in [3.8, 4) is 11.5 Å². The lowest BCUT2D eigenvalue weighted by molar-refractivity contribution is -0.111. The average molecular weight is 395 g/mol. The Labute approximate surface area is 170 Å². The summed E-state index contributed by atoms with van der Waals surface area (Å²) in [6, 6.07) is 12.4. The number of carbonyl (C=O) groups is 2. The van der Waals surface area contributed by atoms with E-state index in [-0.39, 0.29) is 11.9 Å². The molecule has 0 radical (unpaired) electrons. The lowest BCUT2D eigenvalue weighted by Crippen LogP contribution is -2.32. The Balaban J connectivity index is 1.60. The van der Waals surface area contributed by atoms with Gasteiger partial charge in [0.2, 0.25) is 5.91 Å². The lowest BCUT2D eigenvalue weighted by atomic mass is 10.2. The Morgan fingerprint density at radius 1 is 0.931 bits per heavy atom. The van der Waals surface area contributed by atoms with E-state index < -0.39 is 0 Å². The third-order valence-electron chi connectivity index (χ3n) is 4.61. The van der Waals surface area contributed by atoms with Crippen LogP contribution in [0.4, 0.5) is 16.2 Å². The Bertz CT molecular complexity index is 905. The SMILES string of the molecule is COc1ccc(/C=C/C(=O)Nc2cccc(NC(=O)N3CCCC3)c2)cc1OC. The summed E-state index contributed by atoms with van der Waals surface area (Å²) in [7, 11) is 3.13. The van der Waals surface area contributed by atoms with Gasteiger partial charge in [-0.05, 0) is 54.8 Å². The van der Waals surface area contributed by atoms with Crippen LogP contribution in [0.15, 0.2) is 48.5 Å². The molecule has 1 aliphatic rings. The maximum absolute atomic E-state index is 12.3. The van der Waals surface area contributed by atoms with Gasteiger partial charge in [-0.2, -0.15) is 0 Å². The summed E-state index contributed by atoms with van der Waals surface area (Å²) in [4.78, 5) is 26.2. The van der Waals surface area contributed by atoms with Crippen molar-refractivity contribution in [2.45, 2.75) is 12.8 Å². The van der Waals surface area contributed by atoms with Crippen LogP contribution in [-0.4, -0.2) is 44.1 Å². The van der Waals surface area contributed by atoms with Gasteiger partial charge in [0.1, 0.15) is 0 Å². The van der Waals surface area contributed by atoms with Crippen LogP contribution in [0.3, 0.4) is 0 Å². The minimum Gasteiger partial charge on any atom is -0.493 e. The van der Waals surface area contributed by atoms with Gasteiger partial charge in [-0.3, -0.25) is 4.79 Å². The summed E-state index contributed by atoms with van der Waals surface area (Å²) in [6.45, 7) is 1.56. The Morgan fingerprint density at radius 3 is 2.31 bits per heavy atom. The predicted octanol–water partition coefficient (Wildman–Crippen LogP) is 3.98. The molecule has 0 bridgehead atoms. The van der Waals surface area contributed by atoms with Crippen LogP contribution in [0.1, 0.15) is 18.4 Å². The number of methoxy groups -OCH3 is 2. The number of amides is 3. The molecule has 3 amide bonds. The number of nitrogens with one attached hydrogen (secondary N) is 2. The smallest absolute Gasteiger partial charge is 0.321 e. The van der Waals surface area contributed by atoms with Gasteiger partial charge in [0, 0.05) is 30.5 Å². The van der Waals surface area contributed by atoms with Gasteiger partial charge in [-0.1, -0.05) is 12.1 Å². The van der Waals surface area contributed by atoms with Crippen LogP contribution < -0.4 is 20.1 Å². The molecule has 2 aromatic rings. The fourth-order valence-electron chi connectivity index (χ4n) is 3.11. The van der Waals surface area contributed by atoms with E-state index in [1.54, 1.807) is 61.6 Å². The van der Waals surface area contributed by atoms with Crippen LogP contribution >= 0.6 is 0 Å². The minimum absolute atomic E-state index is 0.112. The molecule has 1 saturated heterocycles. The molecule has 7 nitrogen and oxygen atoms in total. The molecule has 0 spiro atoms. The molecule has 1 aliphatic heterocycles. The zero-order chi connectivity index (χ0) is 20.6. The highest BCUT2D eigenvalue weighted by molar-refractivity contribution is 6.02. The van der Waals surface area contributed by atoms with Gasteiger partial charge in [0.15, 0.2) is 11.5 Å². The minimum atomic E-state index is -0.275. The highest BCUT2D eigenvalue weighted by atomic mass is 16.5. The van der Waals surface area contributed by atoms with Crippen LogP contribution in [0.25, 0.3) is 6.08 Å². The van der Waals surface area contributed by atoms with E-state index in [0.717, 1.165) is 31.5 Å². The molecular weight excluding hydrogens is 370 g/mol. The van der Waals surface area contributed by atoms with Crippen molar-refractivity contribution < 1.29 is 19.1 Å². The Hall–Kier alpha value is -3.48. The third kappa shape index (κ3) is 5.51. The molecule has 2 aromatic carbocycles. The average Bonchev–Trinajstić information content (AvgIpc) is 3.27. The highest BCUT2D eigenvalue weighted by Crippen LogP contribution is 2.28. The molecule has 152 valence electrons. The lowest BCUT2D eigenvalue weighted by Gasteiger charge is -2.16. The topological polar surface area (TPSA) is 79.9 Å². The molecule has 0 atom stereocenters. The molecule has 29 heavy (non-hydrogen) atoms. The van der Waals surface area contributed by atoms with Crippen molar-refractivity contribution in [3.05, 3.63) is 54.1 Å². The van der Waals surface area contributed by atoms with Gasteiger partial charge in [-0.15, -0.1) is 0 Å². The van der Waals surface area contributed by atoms with Crippen molar-refractivity contribution in [1.82, 2.24) is 4.90 Å². The monoisotopic (exact) mass is 395 g/mol. The number of nitrogens with zero attached hydrogens (tertiary/aromatic N) is 1. The van der Waals surface area contributed by atoms with Crippen molar-refractivity contribution in [1.29, 1.82) is 0 Å². The third-order valence-corrected chi connectivity index (χ3v) is 4.61. The van der Waals surface area contributed by atoms with Gasteiger partial charge >= 0.3 is 6.03 Å². The molecule has 7 heteroatoms. The van der Waals surface area contributed by atoms with Crippen molar-refractivity contribution >= 4 is 29.4 Å². The second-order valence-corrected chi connectivity index (χ2v) is 6.64. The summed E-state index contributed by atoms with van der Waals surface area (Å²) in [5, 5.41) is 5.67. The van der Waals surface area contributed by atoms with Crippen LogP contribution in [-0.2, 0) is 4.79 Å². The Morgan fingerprint density at radius 2 is 1.62 bits per heavy atom. The number of ether oxygens (including phenoxy) is 2. The van der Waals surface area contributed by atoms with Crippen LogP contribution in [0.5, 0.6) is 11.5 Å². The molecule has 0 aliphatic carbocycles. The molecular formula is C22H25N3O4. The molecule has 1 heterocycles. The fraction of sp³-hybridized carbons (Fsp3) is 0.273. The van der Waals surface area contributed by atoms with Gasteiger partial charge < -0.3 is 25.0 Å². The van der Waals surface area contributed by atoms with Gasteiger partial charge in [0.05, 0.1) is 14.2 Å². The first kappa shape index (κ1) is 20.3. The van der Waals surface area contributed by atoms with Crippen LogP contribution in [0, 0.1) is 0 Å². The molecule has 0 saturated carbocycles. The second kappa shape index (κ2) is 9.64. The highest BCUT2D eigenvalue weighted by Gasteiger charge is 2.17.